The Balaban J connectivity index is 0.000000218. The monoisotopic (exact) mass is 320 g/mol. The zero-order chi connectivity index (χ0) is 14.1. The maximum absolute atomic E-state index is 11.0. The number of benzene rings is 2. The number of methoxy groups -OCH3 is 1. The third-order valence-corrected chi connectivity index (χ3v) is 3.12. The van der Waals surface area contributed by atoms with Gasteiger partial charge in [-0.05, 0) is 24.6 Å². The summed E-state index contributed by atoms with van der Waals surface area (Å²) in [5, 5.41) is 0.800. The average Bonchev–Trinajstić information content (AvgIpc) is 2.48. The van der Waals surface area contributed by atoms with Crippen molar-refractivity contribution >= 4 is 21.9 Å². The van der Waals surface area contributed by atoms with Crippen molar-refractivity contribution in [1.29, 1.82) is 0 Å². The summed E-state index contributed by atoms with van der Waals surface area (Å²) in [6.45, 7) is 2.08. The largest absolute Gasteiger partial charge is 0.465 e. The molecule has 19 heavy (non-hydrogen) atoms. The van der Waals surface area contributed by atoms with Gasteiger partial charge in [-0.3, -0.25) is 0 Å². The van der Waals surface area contributed by atoms with Gasteiger partial charge < -0.3 is 4.74 Å². The van der Waals surface area contributed by atoms with E-state index < -0.39 is 0 Å². The van der Waals surface area contributed by atoms with E-state index in [0.29, 0.717) is 5.56 Å². The fourth-order valence-electron chi connectivity index (χ4n) is 1.38. The van der Waals surface area contributed by atoms with Crippen LogP contribution in [0.5, 0.6) is 0 Å². The van der Waals surface area contributed by atoms with Crippen molar-refractivity contribution in [3.63, 3.8) is 0 Å². The van der Waals surface area contributed by atoms with Gasteiger partial charge in [0, 0.05) is 5.33 Å². The van der Waals surface area contributed by atoms with Gasteiger partial charge in [0.05, 0.1) is 12.7 Å². The first-order valence-corrected chi connectivity index (χ1v) is 7.04. The van der Waals surface area contributed by atoms with Gasteiger partial charge >= 0.3 is 5.97 Å². The molecule has 0 saturated heterocycles. The second-order valence-corrected chi connectivity index (χ2v) is 4.54. The summed E-state index contributed by atoms with van der Waals surface area (Å²) in [6.07, 6.45) is 0. The molecule has 100 valence electrons. The van der Waals surface area contributed by atoms with E-state index in [1.165, 1.54) is 12.7 Å². The molecule has 0 aliphatic heterocycles. The molecule has 0 aliphatic rings. The number of carbonyl (C=O) groups is 1. The van der Waals surface area contributed by atoms with Gasteiger partial charge in [0.1, 0.15) is 0 Å². The minimum Gasteiger partial charge on any atom is -0.465 e. The van der Waals surface area contributed by atoms with Crippen molar-refractivity contribution in [2.75, 3.05) is 7.11 Å². The van der Waals surface area contributed by atoms with Crippen LogP contribution in [0.2, 0.25) is 0 Å². The maximum Gasteiger partial charge on any atom is 0.337 e. The van der Waals surface area contributed by atoms with Crippen LogP contribution in [0.1, 0.15) is 21.5 Å². The van der Waals surface area contributed by atoms with Crippen molar-refractivity contribution in [3.05, 3.63) is 71.3 Å². The van der Waals surface area contributed by atoms with Crippen LogP contribution in [0.4, 0.5) is 0 Å². The predicted molar refractivity (Wildman–Crippen MR) is 81.6 cm³/mol. The quantitative estimate of drug-likeness (QED) is 0.607. The van der Waals surface area contributed by atoms with E-state index in [4.69, 9.17) is 0 Å². The summed E-state index contributed by atoms with van der Waals surface area (Å²) in [4.78, 5) is 11.0. The molecule has 0 saturated carbocycles. The smallest absolute Gasteiger partial charge is 0.337 e. The van der Waals surface area contributed by atoms with Gasteiger partial charge in [-0.2, -0.15) is 0 Å². The van der Waals surface area contributed by atoms with E-state index in [0.717, 1.165) is 10.9 Å². The SMILES string of the molecule is COC(=O)c1ccc(CBr)cc1.Cc1ccccc1. The van der Waals surface area contributed by atoms with Gasteiger partial charge in [0.25, 0.3) is 0 Å². The molecule has 0 radical (unpaired) electrons. The first-order chi connectivity index (χ1) is 9.17. The average molecular weight is 321 g/mol. The molecule has 0 amide bonds. The van der Waals surface area contributed by atoms with E-state index in [1.807, 2.05) is 30.3 Å². The van der Waals surface area contributed by atoms with Crippen molar-refractivity contribution in [2.24, 2.45) is 0 Å². The Labute approximate surface area is 122 Å². The molecule has 2 rings (SSSR count). The summed E-state index contributed by atoms with van der Waals surface area (Å²) >= 11 is 3.32. The fraction of sp³-hybridized carbons (Fsp3) is 0.188. The van der Waals surface area contributed by atoms with E-state index in [2.05, 4.69) is 39.7 Å². The van der Waals surface area contributed by atoms with Gasteiger partial charge in [-0.15, -0.1) is 0 Å². The van der Waals surface area contributed by atoms with Gasteiger partial charge in [0.2, 0.25) is 0 Å². The normalized spacial score (nSPS) is 9.21. The van der Waals surface area contributed by atoms with Crippen LogP contribution in [0, 0.1) is 6.92 Å². The second-order valence-electron chi connectivity index (χ2n) is 3.98. The number of esters is 1. The van der Waals surface area contributed by atoms with Gasteiger partial charge in [0.15, 0.2) is 0 Å². The van der Waals surface area contributed by atoms with E-state index in [9.17, 15) is 4.79 Å². The van der Waals surface area contributed by atoms with E-state index >= 15 is 0 Å². The third-order valence-electron chi connectivity index (χ3n) is 2.47. The molecule has 0 spiro atoms. The van der Waals surface area contributed by atoms with Crippen LogP contribution in [-0.2, 0) is 10.1 Å². The lowest BCUT2D eigenvalue weighted by molar-refractivity contribution is 0.0600. The number of ether oxygens (including phenoxy) is 1. The standard InChI is InChI=1S/C9H9BrO2.C7H8/c1-12-9(11)8-4-2-7(6-10)3-5-8;1-7-5-3-2-4-6-7/h2-5H,6H2,1H3;2-6H,1H3. The van der Waals surface area contributed by atoms with Crippen LogP contribution < -0.4 is 0 Å². The molecule has 0 unspecified atom stereocenters. The van der Waals surface area contributed by atoms with E-state index in [1.54, 1.807) is 12.1 Å². The van der Waals surface area contributed by atoms with Crippen LogP contribution in [0.15, 0.2) is 54.6 Å². The molecule has 2 aromatic rings. The zero-order valence-electron chi connectivity index (χ0n) is 11.1. The Bertz CT molecular complexity index is 492. The first-order valence-electron chi connectivity index (χ1n) is 5.92. The lowest BCUT2D eigenvalue weighted by Crippen LogP contribution is -2.00. The molecule has 0 heterocycles. The zero-order valence-corrected chi connectivity index (χ0v) is 12.7. The molecule has 0 fully saturated rings. The minimum absolute atomic E-state index is 0.295. The minimum atomic E-state index is -0.295. The van der Waals surface area contributed by atoms with Crippen molar-refractivity contribution in [1.82, 2.24) is 0 Å². The molecule has 3 heteroatoms. The lowest BCUT2D eigenvalue weighted by atomic mass is 10.1. The second kappa shape index (κ2) is 8.48. The van der Waals surface area contributed by atoms with Crippen LogP contribution in [0.3, 0.4) is 0 Å². The third kappa shape index (κ3) is 5.71. The summed E-state index contributed by atoms with van der Waals surface area (Å²) in [7, 11) is 1.38. The maximum atomic E-state index is 11.0. The van der Waals surface area contributed by atoms with Crippen molar-refractivity contribution in [2.45, 2.75) is 12.3 Å². The Morgan fingerprint density at radius 1 is 1.05 bits per heavy atom. The van der Waals surface area contributed by atoms with E-state index in [-0.39, 0.29) is 5.97 Å². The van der Waals surface area contributed by atoms with Crippen LogP contribution in [0.25, 0.3) is 0 Å². The predicted octanol–water partition coefficient (Wildman–Crippen LogP) is 4.36. The fourth-order valence-corrected chi connectivity index (χ4v) is 1.76. The van der Waals surface area contributed by atoms with Gasteiger partial charge in [-0.1, -0.05) is 64.0 Å². The highest BCUT2D eigenvalue weighted by Crippen LogP contribution is 2.08. The number of alkyl halides is 1. The van der Waals surface area contributed by atoms with Crippen LogP contribution >= 0.6 is 15.9 Å². The molecule has 0 bridgehead atoms. The summed E-state index contributed by atoms with van der Waals surface area (Å²) in [6, 6.07) is 17.5. The number of rotatable bonds is 2. The Morgan fingerprint density at radius 2 is 1.63 bits per heavy atom. The molecular formula is C16H17BrO2. The first kappa shape index (κ1) is 15.4. The number of carbonyl (C=O) groups excluding carboxylic acids is 1. The van der Waals surface area contributed by atoms with Gasteiger partial charge in [-0.25, -0.2) is 4.79 Å². The number of hydrogen-bond donors (Lipinski definition) is 0. The lowest BCUT2D eigenvalue weighted by Gasteiger charge is -1.99. The Kier molecular flexibility index (Phi) is 6.90. The number of halogens is 1. The molecule has 0 aromatic heterocycles. The summed E-state index contributed by atoms with van der Waals surface area (Å²) in [5.74, 6) is -0.295. The highest BCUT2D eigenvalue weighted by atomic mass is 79.9. The van der Waals surface area contributed by atoms with Crippen molar-refractivity contribution in [3.8, 4) is 0 Å². The summed E-state index contributed by atoms with van der Waals surface area (Å²) in [5.41, 5.74) is 3.05. The summed E-state index contributed by atoms with van der Waals surface area (Å²) < 4.78 is 4.56. The Hall–Kier alpha value is -1.61. The Morgan fingerprint density at radius 3 is 2.00 bits per heavy atom. The molecule has 0 atom stereocenters. The highest BCUT2D eigenvalue weighted by Gasteiger charge is 2.02. The molecular weight excluding hydrogens is 304 g/mol. The highest BCUT2D eigenvalue weighted by molar-refractivity contribution is 9.08. The number of aryl methyl sites for hydroxylation is 1. The molecule has 0 aliphatic carbocycles. The molecule has 0 N–H and O–H groups in total. The number of hydrogen-bond acceptors (Lipinski definition) is 2. The molecule has 2 aromatic carbocycles. The topological polar surface area (TPSA) is 26.3 Å². The molecule has 2 nitrogen and oxygen atoms in total. The van der Waals surface area contributed by atoms with Crippen molar-refractivity contribution < 1.29 is 9.53 Å². The van der Waals surface area contributed by atoms with Crippen LogP contribution in [-0.4, -0.2) is 13.1 Å².